The molecule has 4 aromatic rings. The summed E-state index contributed by atoms with van der Waals surface area (Å²) in [7, 11) is 0. The summed E-state index contributed by atoms with van der Waals surface area (Å²) in [6.45, 7) is 0.612. The number of halogens is 4. The van der Waals surface area contributed by atoms with Gasteiger partial charge in [0, 0.05) is 22.3 Å². The summed E-state index contributed by atoms with van der Waals surface area (Å²) in [5.74, 6) is 0.178. The highest BCUT2D eigenvalue weighted by atomic mass is 35.5. The lowest BCUT2D eigenvalue weighted by molar-refractivity contribution is -0.274. The van der Waals surface area contributed by atoms with Crippen LogP contribution in [0.4, 0.5) is 18.9 Å². The van der Waals surface area contributed by atoms with Crippen molar-refractivity contribution in [1.29, 1.82) is 0 Å². The van der Waals surface area contributed by atoms with E-state index in [0.717, 1.165) is 23.2 Å². The lowest BCUT2D eigenvalue weighted by atomic mass is 10.0. The zero-order valence-corrected chi connectivity index (χ0v) is 19.5. The van der Waals surface area contributed by atoms with E-state index in [4.69, 9.17) is 16.3 Å². The quantitative estimate of drug-likeness (QED) is 0.331. The van der Waals surface area contributed by atoms with Gasteiger partial charge in [-0.2, -0.15) is 0 Å². The van der Waals surface area contributed by atoms with Gasteiger partial charge in [0.1, 0.15) is 12.1 Å². The van der Waals surface area contributed by atoms with Gasteiger partial charge < -0.3 is 14.8 Å². The molecule has 1 saturated heterocycles. The third kappa shape index (κ3) is 5.96. The highest BCUT2D eigenvalue weighted by molar-refractivity contribution is 6.30. The average molecular weight is 516 g/mol. The number of hydrogen-bond donors (Lipinski definition) is 2. The second kappa shape index (κ2) is 10.2. The Hall–Kier alpha value is -3.60. The molecule has 2 unspecified atom stereocenters. The standard InChI is InChI=1S/C25H21ClF3N5O2/c26-18-5-1-16(2-6-18)22-13-14-35-24(32-22)31-19-7-3-17(4-8-19)23-30-15-34(33-23)20-9-11-21(12-10-20)36-25(27,28)29/h1-12,15,22,24,31-32H,13-14H2. The van der Waals surface area contributed by atoms with Crippen LogP contribution >= 0.6 is 11.6 Å². The van der Waals surface area contributed by atoms with Gasteiger partial charge in [0.05, 0.1) is 12.3 Å². The molecule has 3 aromatic carbocycles. The van der Waals surface area contributed by atoms with E-state index in [1.165, 1.54) is 35.3 Å². The number of rotatable bonds is 6. The molecular weight excluding hydrogens is 495 g/mol. The molecule has 0 aliphatic carbocycles. The highest BCUT2D eigenvalue weighted by Gasteiger charge is 2.31. The third-order valence-corrected chi connectivity index (χ3v) is 5.84. The number of ether oxygens (including phenoxy) is 2. The molecular formula is C25H21ClF3N5O2. The molecule has 5 rings (SSSR count). The minimum Gasteiger partial charge on any atom is -0.406 e. The van der Waals surface area contributed by atoms with Gasteiger partial charge in [0.2, 0.25) is 0 Å². The molecule has 1 aliphatic heterocycles. The van der Waals surface area contributed by atoms with Gasteiger partial charge >= 0.3 is 6.36 Å². The van der Waals surface area contributed by atoms with Gasteiger partial charge in [0.25, 0.3) is 0 Å². The molecule has 0 spiro atoms. The maximum Gasteiger partial charge on any atom is 0.573 e. The Balaban J connectivity index is 1.21. The first-order valence-corrected chi connectivity index (χ1v) is 11.5. The minimum absolute atomic E-state index is 0.148. The second-order valence-corrected chi connectivity index (χ2v) is 8.52. The summed E-state index contributed by atoms with van der Waals surface area (Å²) in [6.07, 6.45) is -2.74. The van der Waals surface area contributed by atoms with Crippen molar-refractivity contribution in [3.63, 3.8) is 0 Å². The van der Waals surface area contributed by atoms with Crippen LogP contribution in [0.5, 0.6) is 5.75 Å². The van der Waals surface area contributed by atoms with E-state index in [-0.39, 0.29) is 18.1 Å². The minimum atomic E-state index is -4.74. The van der Waals surface area contributed by atoms with Crippen molar-refractivity contribution in [3.8, 4) is 22.8 Å². The van der Waals surface area contributed by atoms with Gasteiger partial charge in [-0.3, -0.25) is 5.32 Å². The summed E-state index contributed by atoms with van der Waals surface area (Å²) < 4.78 is 48.2. The maximum atomic E-state index is 12.3. The van der Waals surface area contributed by atoms with E-state index in [1.807, 2.05) is 48.5 Å². The molecule has 7 nitrogen and oxygen atoms in total. The summed E-state index contributed by atoms with van der Waals surface area (Å²) >= 11 is 5.99. The second-order valence-electron chi connectivity index (χ2n) is 8.09. The van der Waals surface area contributed by atoms with Crippen molar-refractivity contribution < 1.29 is 22.6 Å². The molecule has 1 aromatic heterocycles. The Kier molecular flexibility index (Phi) is 6.82. The van der Waals surface area contributed by atoms with E-state index >= 15 is 0 Å². The van der Waals surface area contributed by atoms with Crippen LogP contribution in [0.1, 0.15) is 18.0 Å². The van der Waals surface area contributed by atoms with Gasteiger partial charge in [-0.25, -0.2) is 9.67 Å². The Morgan fingerprint density at radius 1 is 1.00 bits per heavy atom. The van der Waals surface area contributed by atoms with Crippen LogP contribution in [-0.4, -0.2) is 34.1 Å². The number of anilines is 1. The fourth-order valence-corrected chi connectivity index (χ4v) is 3.97. The summed E-state index contributed by atoms with van der Waals surface area (Å²) in [4.78, 5) is 4.31. The van der Waals surface area contributed by atoms with E-state index in [0.29, 0.717) is 23.1 Å². The molecule has 2 N–H and O–H groups in total. The highest BCUT2D eigenvalue weighted by Crippen LogP contribution is 2.26. The van der Waals surface area contributed by atoms with Crippen LogP contribution in [0.25, 0.3) is 17.1 Å². The number of aromatic nitrogens is 3. The molecule has 2 heterocycles. The molecule has 0 bridgehead atoms. The number of alkyl halides is 3. The van der Waals surface area contributed by atoms with Gasteiger partial charge in [0.15, 0.2) is 12.2 Å². The molecule has 0 saturated carbocycles. The molecule has 0 radical (unpaired) electrons. The fraction of sp³-hybridized carbons (Fsp3) is 0.200. The number of benzene rings is 3. The molecule has 0 amide bonds. The predicted octanol–water partition coefficient (Wildman–Crippen LogP) is 5.93. The van der Waals surface area contributed by atoms with Crippen molar-refractivity contribution in [2.45, 2.75) is 25.2 Å². The van der Waals surface area contributed by atoms with Crippen LogP contribution in [-0.2, 0) is 4.74 Å². The lowest BCUT2D eigenvalue weighted by Gasteiger charge is -2.32. The molecule has 11 heteroatoms. The van der Waals surface area contributed by atoms with Crippen LogP contribution in [0.3, 0.4) is 0 Å². The smallest absolute Gasteiger partial charge is 0.406 e. The summed E-state index contributed by atoms with van der Waals surface area (Å²) in [5.41, 5.74) is 3.34. The zero-order chi connectivity index (χ0) is 25.1. The number of nitrogens with zero attached hydrogens (tertiary/aromatic N) is 3. The van der Waals surface area contributed by atoms with Gasteiger partial charge in [-0.15, -0.1) is 18.3 Å². The third-order valence-electron chi connectivity index (χ3n) is 5.58. The maximum absolute atomic E-state index is 12.3. The first-order valence-electron chi connectivity index (χ1n) is 11.1. The molecule has 1 fully saturated rings. The molecule has 1 aliphatic rings. The van der Waals surface area contributed by atoms with Crippen LogP contribution in [0, 0.1) is 0 Å². The Labute approximate surface area is 209 Å². The zero-order valence-electron chi connectivity index (χ0n) is 18.7. The summed E-state index contributed by atoms with van der Waals surface area (Å²) in [5, 5.41) is 11.9. The number of nitrogens with one attached hydrogen (secondary N) is 2. The van der Waals surface area contributed by atoms with Crippen molar-refractivity contribution in [2.24, 2.45) is 0 Å². The SMILES string of the molecule is FC(F)(F)Oc1ccc(-n2cnc(-c3ccc(NC4NC(c5ccc(Cl)cc5)CCO4)cc3)n2)cc1. The summed E-state index contributed by atoms with van der Waals surface area (Å²) in [6, 6.07) is 20.9. The van der Waals surface area contributed by atoms with Crippen LogP contribution < -0.4 is 15.4 Å². The Bertz CT molecular complexity index is 1300. The fourth-order valence-electron chi connectivity index (χ4n) is 3.85. The first-order chi connectivity index (χ1) is 17.3. The van der Waals surface area contributed by atoms with E-state index in [1.54, 1.807) is 0 Å². The first kappa shape index (κ1) is 24.1. The number of hydrogen-bond acceptors (Lipinski definition) is 6. The van der Waals surface area contributed by atoms with E-state index in [2.05, 4.69) is 25.5 Å². The van der Waals surface area contributed by atoms with Crippen molar-refractivity contribution >= 4 is 17.3 Å². The lowest BCUT2D eigenvalue weighted by Crippen LogP contribution is -2.45. The van der Waals surface area contributed by atoms with E-state index in [9.17, 15) is 13.2 Å². The van der Waals surface area contributed by atoms with E-state index < -0.39 is 6.36 Å². The van der Waals surface area contributed by atoms with Gasteiger partial charge in [-0.05, 0) is 72.6 Å². The molecule has 2 atom stereocenters. The predicted molar refractivity (Wildman–Crippen MR) is 129 cm³/mol. The van der Waals surface area contributed by atoms with Crippen molar-refractivity contribution in [3.05, 3.63) is 89.7 Å². The largest absolute Gasteiger partial charge is 0.573 e. The molecule has 36 heavy (non-hydrogen) atoms. The average Bonchev–Trinajstić information content (AvgIpc) is 3.35. The van der Waals surface area contributed by atoms with Crippen LogP contribution in [0.2, 0.25) is 5.02 Å². The van der Waals surface area contributed by atoms with Crippen molar-refractivity contribution in [2.75, 3.05) is 11.9 Å². The van der Waals surface area contributed by atoms with Gasteiger partial charge in [-0.1, -0.05) is 23.7 Å². The monoisotopic (exact) mass is 515 g/mol. The normalized spacial score (nSPS) is 18.1. The Morgan fingerprint density at radius 2 is 1.72 bits per heavy atom. The Morgan fingerprint density at radius 3 is 2.42 bits per heavy atom. The van der Waals surface area contributed by atoms with Crippen molar-refractivity contribution in [1.82, 2.24) is 20.1 Å². The topological polar surface area (TPSA) is 73.2 Å². The molecule has 186 valence electrons. The van der Waals surface area contributed by atoms with Crippen LogP contribution in [0.15, 0.2) is 79.1 Å².